The molecule has 0 radical (unpaired) electrons. The van der Waals surface area contributed by atoms with Gasteiger partial charge in [0.25, 0.3) is 0 Å². The van der Waals surface area contributed by atoms with Crippen LogP contribution in [0.1, 0.15) is 271 Å². The fraction of sp³-hybridized carbons (Fsp3) is 0.804. The van der Waals surface area contributed by atoms with E-state index in [1.807, 2.05) is 0 Å². The lowest BCUT2D eigenvalue weighted by Crippen LogP contribution is -2.30. The van der Waals surface area contributed by atoms with Crippen LogP contribution in [0.4, 0.5) is 0 Å². The van der Waals surface area contributed by atoms with Crippen LogP contribution in [0.3, 0.4) is 0 Å². The van der Waals surface area contributed by atoms with Crippen molar-refractivity contribution in [2.75, 3.05) is 13.2 Å². The van der Waals surface area contributed by atoms with Crippen molar-refractivity contribution in [1.29, 1.82) is 0 Å². The van der Waals surface area contributed by atoms with Crippen LogP contribution in [-0.4, -0.2) is 37.2 Å². The highest BCUT2D eigenvalue weighted by Gasteiger charge is 2.19. The molecule has 0 aromatic rings. The Morgan fingerprint density at radius 2 is 0.629 bits per heavy atom. The Bertz CT molecular complexity index is 1090. The lowest BCUT2D eigenvalue weighted by atomic mass is 10.0. The van der Waals surface area contributed by atoms with Crippen LogP contribution in [0, 0.1) is 0 Å². The van der Waals surface area contributed by atoms with Crippen LogP contribution in [0.2, 0.25) is 0 Å². The summed E-state index contributed by atoms with van der Waals surface area (Å²) in [5.74, 6) is -0.896. The van der Waals surface area contributed by atoms with E-state index in [0.717, 1.165) is 109 Å². The van der Waals surface area contributed by atoms with Gasteiger partial charge in [-0.1, -0.05) is 223 Å². The summed E-state index contributed by atoms with van der Waals surface area (Å²) in [6.07, 6.45) is 60.9. The second-order valence-electron chi connectivity index (χ2n) is 17.8. The molecule has 0 aromatic carbocycles. The average molecular weight is 869 g/mol. The van der Waals surface area contributed by atoms with Gasteiger partial charge < -0.3 is 14.2 Å². The van der Waals surface area contributed by atoms with Gasteiger partial charge in [-0.15, -0.1) is 0 Å². The standard InChI is InChI=1S/C56H100O6/c1-4-7-10-13-16-19-22-25-28-31-34-37-40-43-46-49-55(58)61-52-53(51-60-54(57)48-45-42-39-36-33-30-27-24-21-18-15-12-9-6-3)62-56(59)50-47-44-41-38-35-32-29-26-23-20-17-14-11-8-5-2/h7,10,16,19,25-26,28-29,53H,4-6,8-9,11-15,17-18,20-24,27,30-52H2,1-3H3/b10-7-,19-16-,28-25-,29-26-. The third-order valence-corrected chi connectivity index (χ3v) is 11.6. The van der Waals surface area contributed by atoms with Crippen molar-refractivity contribution in [2.24, 2.45) is 0 Å². The molecule has 0 amide bonds. The van der Waals surface area contributed by atoms with E-state index in [1.165, 1.54) is 122 Å². The van der Waals surface area contributed by atoms with Gasteiger partial charge in [0.05, 0.1) is 0 Å². The molecular formula is C56H100O6. The van der Waals surface area contributed by atoms with Crippen molar-refractivity contribution in [2.45, 2.75) is 277 Å². The van der Waals surface area contributed by atoms with Crippen molar-refractivity contribution in [3.05, 3.63) is 48.6 Å². The molecule has 360 valence electrons. The first-order valence-electron chi connectivity index (χ1n) is 26.6. The zero-order chi connectivity index (χ0) is 45.1. The third kappa shape index (κ3) is 48.4. The molecule has 6 nitrogen and oxygen atoms in total. The predicted molar refractivity (Wildman–Crippen MR) is 265 cm³/mol. The Morgan fingerprint density at radius 3 is 1.00 bits per heavy atom. The highest BCUT2D eigenvalue weighted by molar-refractivity contribution is 5.71. The number of carbonyl (C=O) groups excluding carboxylic acids is 3. The van der Waals surface area contributed by atoms with Gasteiger partial charge in [-0.25, -0.2) is 0 Å². The maximum absolute atomic E-state index is 12.8. The van der Waals surface area contributed by atoms with Crippen molar-refractivity contribution in [3.63, 3.8) is 0 Å². The van der Waals surface area contributed by atoms with Crippen molar-refractivity contribution in [3.8, 4) is 0 Å². The number of allylic oxidation sites excluding steroid dienone is 8. The molecule has 0 rings (SSSR count). The summed E-state index contributed by atoms with van der Waals surface area (Å²) >= 11 is 0. The zero-order valence-corrected chi connectivity index (χ0v) is 41.1. The van der Waals surface area contributed by atoms with E-state index in [1.54, 1.807) is 0 Å². The van der Waals surface area contributed by atoms with Crippen LogP contribution in [0.5, 0.6) is 0 Å². The smallest absolute Gasteiger partial charge is 0.306 e. The minimum absolute atomic E-state index is 0.0795. The fourth-order valence-electron chi connectivity index (χ4n) is 7.57. The Morgan fingerprint density at radius 1 is 0.339 bits per heavy atom. The van der Waals surface area contributed by atoms with Gasteiger partial charge in [0.2, 0.25) is 0 Å². The first-order chi connectivity index (χ1) is 30.5. The normalized spacial score (nSPS) is 12.4. The first-order valence-corrected chi connectivity index (χ1v) is 26.6. The molecule has 0 heterocycles. The number of carbonyl (C=O) groups is 3. The maximum atomic E-state index is 12.8. The lowest BCUT2D eigenvalue weighted by molar-refractivity contribution is -0.167. The van der Waals surface area contributed by atoms with Crippen molar-refractivity contribution in [1.82, 2.24) is 0 Å². The quantitative estimate of drug-likeness (QED) is 0.0262. The summed E-state index contributed by atoms with van der Waals surface area (Å²) in [7, 11) is 0. The van der Waals surface area contributed by atoms with E-state index in [-0.39, 0.29) is 31.1 Å². The number of esters is 3. The Kier molecular flexibility index (Phi) is 48.8. The summed E-state index contributed by atoms with van der Waals surface area (Å²) < 4.78 is 16.8. The number of unbranched alkanes of at least 4 members (excludes halogenated alkanes) is 29. The molecule has 0 aliphatic rings. The largest absolute Gasteiger partial charge is 0.462 e. The van der Waals surface area contributed by atoms with Crippen LogP contribution in [0.25, 0.3) is 0 Å². The molecule has 1 atom stereocenters. The monoisotopic (exact) mass is 869 g/mol. The fourth-order valence-corrected chi connectivity index (χ4v) is 7.57. The second-order valence-corrected chi connectivity index (χ2v) is 17.8. The minimum atomic E-state index is -0.781. The summed E-state index contributed by atoms with van der Waals surface area (Å²) in [5, 5.41) is 0. The highest BCUT2D eigenvalue weighted by atomic mass is 16.6. The molecule has 62 heavy (non-hydrogen) atoms. The Hall–Kier alpha value is -2.63. The second kappa shape index (κ2) is 51.0. The highest BCUT2D eigenvalue weighted by Crippen LogP contribution is 2.15. The van der Waals surface area contributed by atoms with Crippen LogP contribution >= 0.6 is 0 Å². The number of rotatable bonds is 48. The van der Waals surface area contributed by atoms with Gasteiger partial charge in [-0.2, -0.15) is 0 Å². The average Bonchev–Trinajstić information content (AvgIpc) is 3.27. The molecular weight excluding hydrogens is 769 g/mol. The Labute approximate surface area is 384 Å². The summed E-state index contributed by atoms with van der Waals surface area (Å²) in [6.45, 7) is 6.52. The van der Waals surface area contributed by atoms with Crippen molar-refractivity contribution < 1.29 is 28.6 Å². The molecule has 1 unspecified atom stereocenters. The van der Waals surface area contributed by atoms with Gasteiger partial charge in [-0.05, 0) is 77.0 Å². The van der Waals surface area contributed by atoms with Gasteiger partial charge in [0.15, 0.2) is 6.10 Å². The summed E-state index contributed by atoms with van der Waals surface area (Å²) in [4.78, 5) is 38.0. The molecule has 0 bridgehead atoms. The van der Waals surface area contributed by atoms with Gasteiger partial charge >= 0.3 is 17.9 Å². The molecule has 0 aromatic heterocycles. The van der Waals surface area contributed by atoms with Gasteiger partial charge in [-0.3, -0.25) is 14.4 Å². The molecule has 6 heteroatoms. The molecule has 0 aliphatic carbocycles. The molecule has 0 saturated heterocycles. The van der Waals surface area contributed by atoms with Crippen LogP contribution < -0.4 is 0 Å². The molecule has 0 aliphatic heterocycles. The molecule has 0 N–H and O–H groups in total. The van der Waals surface area contributed by atoms with E-state index in [4.69, 9.17) is 14.2 Å². The van der Waals surface area contributed by atoms with E-state index in [2.05, 4.69) is 69.4 Å². The minimum Gasteiger partial charge on any atom is -0.462 e. The van der Waals surface area contributed by atoms with E-state index < -0.39 is 6.10 Å². The summed E-state index contributed by atoms with van der Waals surface area (Å²) in [5.41, 5.74) is 0. The maximum Gasteiger partial charge on any atom is 0.306 e. The van der Waals surface area contributed by atoms with Crippen molar-refractivity contribution >= 4 is 17.9 Å². The number of ether oxygens (including phenoxy) is 3. The van der Waals surface area contributed by atoms with E-state index >= 15 is 0 Å². The molecule has 0 spiro atoms. The zero-order valence-electron chi connectivity index (χ0n) is 41.1. The molecule has 0 saturated carbocycles. The summed E-state index contributed by atoms with van der Waals surface area (Å²) in [6, 6.07) is 0. The van der Waals surface area contributed by atoms with E-state index in [0.29, 0.717) is 19.3 Å². The topological polar surface area (TPSA) is 78.9 Å². The predicted octanol–water partition coefficient (Wildman–Crippen LogP) is 17.5. The van der Waals surface area contributed by atoms with Gasteiger partial charge in [0.1, 0.15) is 13.2 Å². The number of hydrogen-bond acceptors (Lipinski definition) is 6. The Balaban J connectivity index is 4.40. The molecule has 0 fully saturated rings. The lowest BCUT2D eigenvalue weighted by Gasteiger charge is -2.18. The number of hydrogen-bond donors (Lipinski definition) is 0. The first kappa shape index (κ1) is 59.4. The van der Waals surface area contributed by atoms with Crippen LogP contribution in [0.15, 0.2) is 48.6 Å². The third-order valence-electron chi connectivity index (χ3n) is 11.6. The van der Waals surface area contributed by atoms with E-state index in [9.17, 15) is 14.4 Å². The van der Waals surface area contributed by atoms with Crippen LogP contribution in [-0.2, 0) is 28.6 Å². The van der Waals surface area contributed by atoms with Gasteiger partial charge in [0, 0.05) is 19.3 Å². The SMILES string of the molecule is CC/C=C\C/C=C\C/C=C\CCCCCCCC(=O)OCC(COC(=O)CCCCCCCCCCCCCCCC)OC(=O)CCCCCCC/C=C\CCCCCCCC.